The maximum atomic E-state index is 13.2. The lowest BCUT2D eigenvalue weighted by atomic mass is 9.88. The predicted octanol–water partition coefficient (Wildman–Crippen LogP) is 5.02. The van der Waals surface area contributed by atoms with Gasteiger partial charge >= 0.3 is 12.1 Å². The largest absolute Gasteiger partial charge is 0.337 e. The topological polar surface area (TPSA) is 61.4 Å². The van der Waals surface area contributed by atoms with Crippen LogP contribution in [0.2, 0.25) is 0 Å². The third-order valence-corrected chi connectivity index (χ3v) is 10.6. The van der Waals surface area contributed by atoms with Gasteiger partial charge in [-0.15, -0.1) is 0 Å². The van der Waals surface area contributed by atoms with Crippen molar-refractivity contribution in [3.63, 3.8) is 0 Å². The predicted molar refractivity (Wildman–Crippen MR) is 120 cm³/mol. The lowest BCUT2D eigenvalue weighted by Gasteiger charge is -2.31. The Morgan fingerprint density at radius 1 is 0.581 bits per heavy atom. The van der Waals surface area contributed by atoms with Gasteiger partial charge in [0.25, 0.3) is 0 Å². The number of carbonyl (C=O) groups excluding carboxylic acids is 2. The molecule has 5 nitrogen and oxygen atoms in total. The summed E-state index contributed by atoms with van der Waals surface area (Å²) >= 11 is 0. The number of urea groups is 2. The Morgan fingerprint density at radius 2 is 1.00 bits per heavy atom. The van der Waals surface area contributed by atoms with E-state index < -0.39 is 0 Å². The molecule has 4 amide bonds. The molecule has 2 N–H and O–H groups in total. The fourth-order valence-electron chi connectivity index (χ4n) is 8.97. The summed E-state index contributed by atoms with van der Waals surface area (Å²) in [5.74, 6) is 6.72. The zero-order valence-electron chi connectivity index (χ0n) is 19.1. The quantitative estimate of drug-likeness (QED) is 0.625. The van der Waals surface area contributed by atoms with Crippen LogP contribution in [0, 0.1) is 53.3 Å². The number of carbonyl (C=O) groups is 2. The molecule has 6 rings (SSSR count). The van der Waals surface area contributed by atoms with E-state index in [2.05, 4.69) is 10.6 Å². The number of nitrogens with zero attached hydrogens (tertiary/aromatic N) is 1. The molecule has 5 heteroatoms. The van der Waals surface area contributed by atoms with Gasteiger partial charge in [-0.2, -0.15) is 0 Å². The van der Waals surface area contributed by atoms with Gasteiger partial charge < -0.3 is 10.6 Å². The first-order valence-electron chi connectivity index (χ1n) is 13.5. The van der Waals surface area contributed by atoms with E-state index in [0.717, 1.165) is 48.6 Å². The Morgan fingerprint density at radius 3 is 1.35 bits per heavy atom. The molecule has 172 valence electrons. The lowest BCUT2D eigenvalue weighted by Crippen LogP contribution is -2.52. The molecule has 0 spiro atoms. The lowest BCUT2D eigenvalue weighted by molar-refractivity contribution is 0.164. The van der Waals surface area contributed by atoms with Crippen molar-refractivity contribution in [2.45, 2.75) is 77.0 Å². The summed E-state index contributed by atoms with van der Waals surface area (Å²) in [6.07, 6.45) is 15.9. The number of fused-ring (bicyclic) bond motifs is 6. The Balaban J connectivity index is 1.06. The fourth-order valence-corrected chi connectivity index (χ4v) is 8.97. The van der Waals surface area contributed by atoms with Crippen molar-refractivity contribution in [2.24, 2.45) is 53.3 Å². The average Bonchev–Trinajstić information content (AvgIpc) is 3.61. The number of amides is 4. The van der Waals surface area contributed by atoms with Crippen molar-refractivity contribution in [1.82, 2.24) is 15.5 Å². The average molecular weight is 428 g/mol. The van der Waals surface area contributed by atoms with Crippen LogP contribution in [0.25, 0.3) is 0 Å². The summed E-state index contributed by atoms with van der Waals surface area (Å²) in [6, 6.07) is -0.285. The highest BCUT2D eigenvalue weighted by Crippen LogP contribution is 2.50. The van der Waals surface area contributed by atoms with Crippen molar-refractivity contribution in [3.05, 3.63) is 0 Å². The highest BCUT2D eigenvalue weighted by atomic mass is 16.2. The van der Waals surface area contributed by atoms with Crippen LogP contribution in [0.4, 0.5) is 9.59 Å². The van der Waals surface area contributed by atoms with Crippen molar-refractivity contribution in [3.8, 4) is 0 Å². The fraction of sp³-hybridized carbons (Fsp3) is 0.923. The first-order valence-corrected chi connectivity index (χ1v) is 13.5. The molecular formula is C26H41N3O2. The van der Waals surface area contributed by atoms with Crippen LogP contribution in [0.3, 0.4) is 0 Å². The highest BCUT2D eigenvalue weighted by Gasteiger charge is 2.43. The Kier molecular flexibility index (Phi) is 5.42. The maximum absolute atomic E-state index is 13.2. The second-order valence-electron chi connectivity index (χ2n) is 12.3. The molecule has 6 aliphatic carbocycles. The van der Waals surface area contributed by atoms with E-state index in [1.54, 1.807) is 4.90 Å². The summed E-state index contributed by atoms with van der Waals surface area (Å²) in [5.41, 5.74) is 0. The zero-order chi connectivity index (χ0) is 20.9. The van der Waals surface area contributed by atoms with Crippen LogP contribution in [0.15, 0.2) is 0 Å². The van der Waals surface area contributed by atoms with E-state index in [9.17, 15) is 9.59 Å². The van der Waals surface area contributed by atoms with Gasteiger partial charge in [-0.1, -0.05) is 19.3 Å². The molecule has 6 aliphatic rings. The molecule has 0 aliphatic heterocycles. The van der Waals surface area contributed by atoms with Crippen molar-refractivity contribution in [1.29, 1.82) is 0 Å². The van der Waals surface area contributed by atoms with Crippen molar-refractivity contribution in [2.75, 3.05) is 19.6 Å². The van der Waals surface area contributed by atoms with Crippen LogP contribution >= 0.6 is 0 Å². The van der Waals surface area contributed by atoms with Gasteiger partial charge in [-0.3, -0.25) is 0 Å². The van der Waals surface area contributed by atoms with Gasteiger partial charge in [0, 0.05) is 19.6 Å². The van der Waals surface area contributed by atoms with Gasteiger partial charge in [-0.05, 0) is 111 Å². The van der Waals surface area contributed by atoms with Crippen LogP contribution in [0.1, 0.15) is 77.0 Å². The van der Waals surface area contributed by atoms with Gasteiger partial charge in [-0.25, -0.2) is 14.5 Å². The molecule has 0 heterocycles. The summed E-state index contributed by atoms with van der Waals surface area (Å²) in [5, 5.41) is 6.38. The molecule has 0 aromatic heterocycles. The SMILES string of the molecule is O=C(NCC1CC2CCC1C2)N(CC1CC2CCC1C2)C(=O)NCC1CC2CCC1C2. The number of hydrogen-bond donors (Lipinski definition) is 2. The first-order chi connectivity index (χ1) is 15.1. The first kappa shape index (κ1) is 20.4. The highest BCUT2D eigenvalue weighted by molar-refractivity contribution is 5.93. The molecule has 9 atom stereocenters. The minimum absolute atomic E-state index is 0.143. The molecule has 0 aromatic rings. The molecule has 6 fully saturated rings. The van der Waals surface area contributed by atoms with Gasteiger partial charge in [0.15, 0.2) is 0 Å². The summed E-state index contributed by atoms with van der Waals surface area (Å²) in [4.78, 5) is 28.0. The molecule has 0 saturated heterocycles. The van der Waals surface area contributed by atoms with Gasteiger partial charge in [0.1, 0.15) is 0 Å². The van der Waals surface area contributed by atoms with Crippen LogP contribution in [-0.2, 0) is 0 Å². The molecule has 0 aromatic carbocycles. The molecule has 9 unspecified atom stereocenters. The monoisotopic (exact) mass is 427 g/mol. The van der Waals surface area contributed by atoms with E-state index in [1.807, 2.05) is 0 Å². The number of imide groups is 1. The minimum atomic E-state index is -0.143. The van der Waals surface area contributed by atoms with Crippen molar-refractivity contribution < 1.29 is 9.59 Å². The van der Waals surface area contributed by atoms with Crippen LogP contribution < -0.4 is 10.6 Å². The molecule has 6 saturated carbocycles. The van der Waals surface area contributed by atoms with E-state index in [1.165, 1.54) is 77.0 Å². The summed E-state index contributed by atoms with van der Waals surface area (Å²) < 4.78 is 0. The standard InChI is InChI=1S/C26H41N3O2/c30-25(27-13-22-10-16-1-4-19(22)7-16)29(15-24-12-18-3-6-21(24)9-18)26(31)28-14-23-11-17-2-5-20(23)8-17/h16-24H,1-15H2,(H,27,30)(H,28,31). The second-order valence-corrected chi connectivity index (χ2v) is 12.3. The van der Waals surface area contributed by atoms with E-state index in [0.29, 0.717) is 24.3 Å². The second kappa shape index (κ2) is 8.26. The van der Waals surface area contributed by atoms with E-state index in [4.69, 9.17) is 0 Å². The molecule has 6 bridgehead atoms. The van der Waals surface area contributed by atoms with E-state index in [-0.39, 0.29) is 12.1 Å². The Hall–Kier alpha value is -1.26. The molecule has 31 heavy (non-hydrogen) atoms. The Bertz CT molecular complexity index is 667. The third kappa shape index (κ3) is 3.99. The van der Waals surface area contributed by atoms with Crippen LogP contribution in [0.5, 0.6) is 0 Å². The third-order valence-electron chi connectivity index (χ3n) is 10.6. The number of hydrogen-bond acceptors (Lipinski definition) is 2. The Labute approximate surface area is 187 Å². The number of rotatable bonds is 6. The zero-order valence-corrected chi connectivity index (χ0v) is 19.1. The van der Waals surface area contributed by atoms with Crippen LogP contribution in [-0.4, -0.2) is 36.6 Å². The number of nitrogens with one attached hydrogen (secondary N) is 2. The van der Waals surface area contributed by atoms with Gasteiger partial charge in [0.2, 0.25) is 0 Å². The molecule has 0 radical (unpaired) electrons. The van der Waals surface area contributed by atoms with Gasteiger partial charge in [0.05, 0.1) is 0 Å². The smallest absolute Gasteiger partial charge is 0.325 e. The summed E-state index contributed by atoms with van der Waals surface area (Å²) in [6.45, 7) is 2.13. The normalized spacial score (nSPS) is 44.2. The maximum Gasteiger partial charge on any atom is 0.325 e. The van der Waals surface area contributed by atoms with Crippen molar-refractivity contribution >= 4 is 12.1 Å². The van der Waals surface area contributed by atoms with E-state index >= 15 is 0 Å². The molecular weight excluding hydrogens is 386 g/mol. The minimum Gasteiger partial charge on any atom is -0.337 e. The summed E-state index contributed by atoms with van der Waals surface area (Å²) in [7, 11) is 0.